The van der Waals surface area contributed by atoms with Gasteiger partial charge < -0.3 is 14.8 Å². The lowest BCUT2D eigenvalue weighted by Crippen LogP contribution is -2.21. The number of carbonyl (C=O) groups is 2. The van der Waals surface area contributed by atoms with Crippen molar-refractivity contribution in [2.24, 2.45) is 0 Å². The molecule has 0 saturated heterocycles. The number of halogens is 2. The zero-order valence-corrected chi connectivity index (χ0v) is 21.4. The van der Waals surface area contributed by atoms with Crippen molar-refractivity contribution in [1.29, 1.82) is 0 Å². The predicted octanol–water partition coefficient (Wildman–Crippen LogP) is 7.80. The Morgan fingerprint density at radius 2 is 1.50 bits per heavy atom. The van der Waals surface area contributed by atoms with Gasteiger partial charge in [0.05, 0.1) is 21.8 Å². The number of hydrogen-bond donors (Lipinski definition) is 1. The molecule has 0 aliphatic rings. The van der Waals surface area contributed by atoms with Crippen molar-refractivity contribution >= 4 is 51.7 Å². The molecule has 0 saturated carbocycles. The minimum Gasteiger partial charge on any atom is -0.457 e. The highest BCUT2D eigenvalue weighted by Crippen LogP contribution is 2.32. The summed E-state index contributed by atoms with van der Waals surface area (Å²) in [6.07, 6.45) is 0. The molecule has 1 aromatic heterocycles. The van der Waals surface area contributed by atoms with Crippen molar-refractivity contribution in [2.45, 2.75) is 0 Å². The summed E-state index contributed by atoms with van der Waals surface area (Å²) in [6, 6.07) is 30.1. The van der Waals surface area contributed by atoms with Crippen LogP contribution in [0.4, 0.5) is 5.69 Å². The highest BCUT2D eigenvalue weighted by molar-refractivity contribution is 6.36. The molecule has 0 aliphatic heterocycles. The summed E-state index contributed by atoms with van der Waals surface area (Å²) in [4.78, 5) is 30.2. The van der Waals surface area contributed by atoms with Crippen molar-refractivity contribution in [3.05, 3.63) is 119 Å². The molecule has 38 heavy (non-hydrogen) atoms. The van der Waals surface area contributed by atoms with E-state index >= 15 is 0 Å². The molecule has 1 amide bonds. The van der Waals surface area contributed by atoms with E-state index < -0.39 is 18.5 Å². The third kappa shape index (κ3) is 5.94. The summed E-state index contributed by atoms with van der Waals surface area (Å²) < 4.78 is 11.1. The van der Waals surface area contributed by atoms with Crippen LogP contribution in [0.25, 0.3) is 22.2 Å². The summed E-state index contributed by atoms with van der Waals surface area (Å²) in [5.74, 6) is 0.203. The smallest absolute Gasteiger partial charge is 0.339 e. The van der Waals surface area contributed by atoms with Gasteiger partial charge in [0, 0.05) is 21.7 Å². The maximum atomic E-state index is 13.1. The van der Waals surface area contributed by atoms with Crippen LogP contribution < -0.4 is 10.1 Å². The van der Waals surface area contributed by atoms with Crippen LogP contribution in [0, 0.1) is 0 Å². The Morgan fingerprint density at radius 1 is 0.789 bits per heavy atom. The average molecular weight is 543 g/mol. The SMILES string of the molecule is O=C(COC(=O)c1cc(-c2ccc(Cl)cc2Cl)nc2ccccc12)Nc1ccc(Oc2ccccc2)cc1. The van der Waals surface area contributed by atoms with Crippen LogP contribution in [0.5, 0.6) is 11.5 Å². The van der Waals surface area contributed by atoms with E-state index in [2.05, 4.69) is 10.3 Å². The van der Waals surface area contributed by atoms with Crippen molar-refractivity contribution in [1.82, 2.24) is 4.98 Å². The Bertz CT molecular complexity index is 1620. The summed E-state index contributed by atoms with van der Waals surface area (Å²) in [7, 11) is 0. The Balaban J connectivity index is 1.27. The number of anilines is 1. The van der Waals surface area contributed by atoms with Gasteiger partial charge in [0.2, 0.25) is 0 Å². The number of ether oxygens (including phenoxy) is 2. The molecule has 0 fully saturated rings. The van der Waals surface area contributed by atoms with E-state index in [-0.39, 0.29) is 5.56 Å². The first kappa shape index (κ1) is 25.3. The Morgan fingerprint density at radius 3 is 2.26 bits per heavy atom. The molecule has 0 atom stereocenters. The second kappa shape index (κ2) is 11.3. The van der Waals surface area contributed by atoms with E-state index in [1.807, 2.05) is 36.4 Å². The standard InChI is InChI=1S/C30H20Cl2N2O4/c31-19-10-15-24(26(32)16-19)28-17-25(23-8-4-5-9-27(23)34-28)30(36)37-18-29(35)33-20-11-13-22(14-12-20)38-21-6-2-1-3-7-21/h1-17H,18H2,(H,33,35). The van der Waals surface area contributed by atoms with Crippen LogP contribution >= 0.6 is 23.2 Å². The third-order valence-corrected chi connectivity index (χ3v) is 6.14. The maximum Gasteiger partial charge on any atom is 0.339 e. The first-order chi connectivity index (χ1) is 18.5. The first-order valence-corrected chi connectivity index (χ1v) is 12.4. The number of para-hydroxylation sites is 2. The number of hydrogen-bond acceptors (Lipinski definition) is 5. The molecule has 5 aromatic rings. The van der Waals surface area contributed by atoms with Crippen molar-refractivity contribution in [3.63, 3.8) is 0 Å². The number of benzene rings is 4. The third-order valence-electron chi connectivity index (χ3n) is 5.59. The number of nitrogens with one attached hydrogen (secondary N) is 1. The summed E-state index contributed by atoms with van der Waals surface area (Å²) >= 11 is 12.4. The largest absolute Gasteiger partial charge is 0.457 e. The van der Waals surface area contributed by atoms with Gasteiger partial charge in [0.25, 0.3) is 5.91 Å². The predicted molar refractivity (Wildman–Crippen MR) is 149 cm³/mol. The van der Waals surface area contributed by atoms with Crippen LogP contribution in [0.3, 0.4) is 0 Å². The number of esters is 1. The molecule has 1 heterocycles. The molecule has 188 valence electrons. The van der Waals surface area contributed by atoms with Gasteiger partial charge in [-0.2, -0.15) is 0 Å². The minimum absolute atomic E-state index is 0.270. The van der Waals surface area contributed by atoms with Gasteiger partial charge in [0.1, 0.15) is 11.5 Å². The number of pyridine rings is 1. The van der Waals surface area contributed by atoms with Gasteiger partial charge in [-0.05, 0) is 66.7 Å². The van der Waals surface area contributed by atoms with E-state index in [0.717, 1.165) is 0 Å². The zero-order valence-electron chi connectivity index (χ0n) is 19.9. The van der Waals surface area contributed by atoms with Crippen LogP contribution in [0.1, 0.15) is 10.4 Å². The van der Waals surface area contributed by atoms with Crippen molar-refractivity contribution < 1.29 is 19.1 Å². The normalized spacial score (nSPS) is 10.7. The summed E-state index contributed by atoms with van der Waals surface area (Å²) in [5.41, 5.74) is 2.51. The number of rotatable bonds is 7. The molecular weight excluding hydrogens is 523 g/mol. The Labute approximate surface area is 228 Å². The quantitative estimate of drug-likeness (QED) is 0.212. The Hall–Kier alpha value is -4.39. The fourth-order valence-electron chi connectivity index (χ4n) is 3.82. The van der Waals surface area contributed by atoms with Crippen LogP contribution in [-0.4, -0.2) is 23.5 Å². The first-order valence-electron chi connectivity index (χ1n) is 11.6. The van der Waals surface area contributed by atoms with Gasteiger partial charge in [0.15, 0.2) is 6.61 Å². The summed E-state index contributed by atoms with van der Waals surface area (Å²) in [5, 5.41) is 4.20. The van der Waals surface area contributed by atoms with Gasteiger partial charge >= 0.3 is 5.97 Å². The Kier molecular flexibility index (Phi) is 7.54. The molecule has 0 unspecified atom stereocenters. The molecule has 1 N–H and O–H groups in total. The maximum absolute atomic E-state index is 13.1. The van der Waals surface area contributed by atoms with E-state index in [0.29, 0.717) is 49.4 Å². The van der Waals surface area contributed by atoms with Gasteiger partial charge in [-0.3, -0.25) is 4.79 Å². The van der Waals surface area contributed by atoms with Crippen LogP contribution in [0.15, 0.2) is 103 Å². The zero-order chi connectivity index (χ0) is 26.5. The molecule has 4 aromatic carbocycles. The second-order valence-corrected chi connectivity index (χ2v) is 9.10. The second-order valence-electron chi connectivity index (χ2n) is 8.26. The van der Waals surface area contributed by atoms with Crippen LogP contribution in [0.2, 0.25) is 10.0 Å². The fraction of sp³-hybridized carbons (Fsp3) is 0.0333. The van der Waals surface area contributed by atoms with Crippen molar-refractivity contribution in [2.75, 3.05) is 11.9 Å². The number of carbonyl (C=O) groups excluding carboxylic acids is 2. The van der Waals surface area contributed by atoms with Crippen molar-refractivity contribution in [3.8, 4) is 22.8 Å². The van der Waals surface area contributed by atoms with Crippen LogP contribution in [-0.2, 0) is 9.53 Å². The van der Waals surface area contributed by atoms with E-state index in [4.69, 9.17) is 32.7 Å². The lowest BCUT2D eigenvalue weighted by Gasteiger charge is -2.11. The molecular formula is C30H20Cl2N2O4. The lowest BCUT2D eigenvalue weighted by molar-refractivity contribution is -0.119. The van der Waals surface area contributed by atoms with E-state index in [1.54, 1.807) is 66.7 Å². The van der Waals surface area contributed by atoms with E-state index in [9.17, 15) is 9.59 Å². The minimum atomic E-state index is -0.656. The number of fused-ring (bicyclic) bond motifs is 1. The lowest BCUT2D eigenvalue weighted by atomic mass is 10.0. The van der Waals surface area contributed by atoms with E-state index in [1.165, 1.54) is 0 Å². The van der Waals surface area contributed by atoms with Gasteiger partial charge in [-0.1, -0.05) is 59.6 Å². The highest BCUT2D eigenvalue weighted by atomic mass is 35.5. The monoisotopic (exact) mass is 542 g/mol. The topological polar surface area (TPSA) is 77.5 Å². The summed E-state index contributed by atoms with van der Waals surface area (Å²) in [6.45, 7) is -0.464. The fourth-order valence-corrected chi connectivity index (χ4v) is 4.32. The molecule has 0 spiro atoms. The molecule has 8 heteroatoms. The molecule has 0 bridgehead atoms. The number of aromatic nitrogens is 1. The average Bonchev–Trinajstić information content (AvgIpc) is 2.93. The van der Waals surface area contributed by atoms with Gasteiger partial charge in [-0.25, -0.2) is 9.78 Å². The molecule has 0 aliphatic carbocycles. The van der Waals surface area contributed by atoms with Gasteiger partial charge in [-0.15, -0.1) is 0 Å². The molecule has 0 radical (unpaired) electrons. The highest BCUT2D eigenvalue weighted by Gasteiger charge is 2.18. The molecule has 6 nitrogen and oxygen atoms in total. The molecule has 5 rings (SSSR count). The number of amides is 1. The number of nitrogens with zero attached hydrogens (tertiary/aromatic N) is 1.